The van der Waals surface area contributed by atoms with Gasteiger partial charge in [0.15, 0.2) is 0 Å². The molecule has 0 saturated carbocycles. The molecule has 3 nitrogen and oxygen atoms in total. The zero-order valence-electron chi connectivity index (χ0n) is 15.0. The number of aromatic nitrogens is 2. The van der Waals surface area contributed by atoms with E-state index in [1.54, 1.807) is 6.20 Å². The minimum absolute atomic E-state index is 0.143. The van der Waals surface area contributed by atoms with Crippen LogP contribution in [0.3, 0.4) is 0 Å². The standard InChI is InChI=1S/C22H16ClF2N3/c1-2-16(14-5-3-13(4-6-14)15-7-8-26-11-15)18-12-27-28-22(18)17-9-19(23)21(25)10-20(17)24/h2-6,8-12H,7H2,1H3,(H,27,28)/b16-2+. The van der Waals surface area contributed by atoms with Crippen LogP contribution in [-0.4, -0.2) is 16.4 Å². The third-order valence-electron chi connectivity index (χ3n) is 4.71. The largest absolute Gasteiger partial charge is 0.277 e. The molecule has 0 fully saturated rings. The first-order valence-electron chi connectivity index (χ1n) is 8.75. The Labute approximate surface area is 166 Å². The van der Waals surface area contributed by atoms with Crippen LogP contribution in [0.15, 0.2) is 59.9 Å². The molecule has 0 radical (unpaired) electrons. The van der Waals surface area contributed by atoms with Crippen molar-refractivity contribution >= 4 is 29.0 Å². The Kier molecular flexibility index (Phi) is 4.92. The Bertz CT molecular complexity index is 1130. The van der Waals surface area contributed by atoms with Crippen LogP contribution in [0.5, 0.6) is 0 Å². The molecule has 0 amide bonds. The maximum atomic E-state index is 14.4. The van der Waals surface area contributed by atoms with Crippen molar-refractivity contribution in [3.8, 4) is 11.3 Å². The zero-order chi connectivity index (χ0) is 19.7. The summed E-state index contributed by atoms with van der Waals surface area (Å²) in [4.78, 5) is 4.14. The van der Waals surface area contributed by atoms with Gasteiger partial charge in [-0.2, -0.15) is 5.10 Å². The van der Waals surface area contributed by atoms with E-state index in [2.05, 4.69) is 15.2 Å². The van der Waals surface area contributed by atoms with Gasteiger partial charge in [0, 0.05) is 36.0 Å². The van der Waals surface area contributed by atoms with Crippen LogP contribution in [0.2, 0.25) is 5.02 Å². The number of nitrogens with one attached hydrogen (secondary N) is 1. The molecule has 3 aromatic rings. The van der Waals surface area contributed by atoms with E-state index in [9.17, 15) is 8.78 Å². The van der Waals surface area contributed by atoms with Gasteiger partial charge in [-0.05, 0) is 35.3 Å². The van der Waals surface area contributed by atoms with Crippen molar-refractivity contribution in [1.29, 1.82) is 0 Å². The number of rotatable bonds is 4. The fraction of sp³-hybridized carbons (Fsp3) is 0.0909. The van der Waals surface area contributed by atoms with Crippen molar-refractivity contribution in [3.63, 3.8) is 0 Å². The number of nitrogens with zero attached hydrogens (tertiary/aromatic N) is 2. The molecular weight excluding hydrogens is 380 g/mol. The number of hydrogen-bond donors (Lipinski definition) is 1. The number of H-pyrrole nitrogens is 1. The highest BCUT2D eigenvalue weighted by Crippen LogP contribution is 2.35. The molecular formula is C22H16ClF2N3. The number of hydrogen-bond acceptors (Lipinski definition) is 2. The molecule has 140 valence electrons. The molecule has 2 heterocycles. The molecule has 1 aliphatic rings. The van der Waals surface area contributed by atoms with Crippen molar-refractivity contribution in [2.24, 2.45) is 4.99 Å². The normalized spacial score (nSPS) is 13.9. The molecule has 0 unspecified atom stereocenters. The third kappa shape index (κ3) is 3.29. The molecule has 0 aliphatic carbocycles. The van der Waals surface area contributed by atoms with Crippen molar-refractivity contribution < 1.29 is 8.78 Å². The zero-order valence-corrected chi connectivity index (χ0v) is 15.8. The van der Waals surface area contributed by atoms with Crippen molar-refractivity contribution in [2.75, 3.05) is 0 Å². The summed E-state index contributed by atoms with van der Waals surface area (Å²) in [5, 5.41) is 6.74. The first kappa shape index (κ1) is 18.3. The maximum Gasteiger partial charge on any atom is 0.144 e. The minimum Gasteiger partial charge on any atom is -0.277 e. The van der Waals surface area contributed by atoms with Gasteiger partial charge in [-0.1, -0.05) is 41.9 Å². The highest BCUT2D eigenvalue weighted by atomic mass is 35.5. The van der Waals surface area contributed by atoms with Gasteiger partial charge in [-0.25, -0.2) is 8.78 Å². The van der Waals surface area contributed by atoms with Gasteiger partial charge < -0.3 is 0 Å². The predicted octanol–water partition coefficient (Wildman–Crippen LogP) is 6.28. The highest BCUT2D eigenvalue weighted by Gasteiger charge is 2.18. The van der Waals surface area contributed by atoms with Crippen LogP contribution in [0.4, 0.5) is 8.78 Å². The van der Waals surface area contributed by atoms with E-state index in [1.165, 1.54) is 11.6 Å². The Morgan fingerprint density at radius 3 is 2.61 bits per heavy atom. The molecule has 4 rings (SSSR count). The smallest absolute Gasteiger partial charge is 0.144 e. The second-order valence-electron chi connectivity index (χ2n) is 6.37. The number of aromatic amines is 1. The molecule has 6 heteroatoms. The summed E-state index contributed by atoms with van der Waals surface area (Å²) in [6.45, 7) is 1.90. The summed E-state index contributed by atoms with van der Waals surface area (Å²) in [6.07, 6.45) is 8.13. The Morgan fingerprint density at radius 1 is 1.14 bits per heavy atom. The summed E-state index contributed by atoms with van der Waals surface area (Å²) in [6, 6.07) is 10.1. The van der Waals surface area contributed by atoms with E-state index in [0.29, 0.717) is 11.3 Å². The molecule has 1 N–H and O–H groups in total. The molecule has 28 heavy (non-hydrogen) atoms. The number of halogens is 3. The van der Waals surface area contributed by atoms with Crippen molar-refractivity contribution in [1.82, 2.24) is 10.2 Å². The van der Waals surface area contributed by atoms with Gasteiger partial charge in [-0.15, -0.1) is 0 Å². The second-order valence-corrected chi connectivity index (χ2v) is 6.78. The fourth-order valence-corrected chi connectivity index (χ4v) is 3.45. The first-order valence-corrected chi connectivity index (χ1v) is 9.12. The molecule has 2 aromatic carbocycles. The summed E-state index contributed by atoms with van der Waals surface area (Å²) < 4.78 is 27.9. The van der Waals surface area contributed by atoms with Crippen LogP contribution < -0.4 is 0 Å². The predicted molar refractivity (Wildman–Crippen MR) is 109 cm³/mol. The van der Waals surface area contributed by atoms with E-state index in [0.717, 1.165) is 29.2 Å². The third-order valence-corrected chi connectivity index (χ3v) is 5.00. The Morgan fingerprint density at radius 2 is 1.93 bits per heavy atom. The Hall–Kier alpha value is -3.05. The molecule has 0 atom stereocenters. The lowest BCUT2D eigenvalue weighted by atomic mass is 9.94. The first-order chi connectivity index (χ1) is 13.6. The molecule has 0 spiro atoms. The van der Waals surface area contributed by atoms with Crippen LogP contribution in [0.25, 0.3) is 22.4 Å². The van der Waals surface area contributed by atoms with E-state index in [-0.39, 0.29) is 10.6 Å². The topological polar surface area (TPSA) is 41.0 Å². The maximum absolute atomic E-state index is 14.4. The summed E-state index contributed by atoms with van der Waals surface area (Å²) >= 11 is 5.86. The van der Waals surface area contributed by atoms with Crippen molar-refractivity contribution in [2.45, 2.75) is 13.3 Å². The Balaban J connectivity index is 1.73. The highest BCUT2D eigenvalue weighted by molar-refractivity contribution is 6.31. The quantitative estimate of drug-likeness (QED) is 0.519. The SMILES string of the molecule is C/C=C(\c1ccc(C2=CN=CC2)cc1)c1cn[nH]c1-c1cc(Cl)c(F)cc1F. The molecule has 1 aromatic heterocycles. The fourth-order valence-electron chi connectivity index (χ4n) is 3.29. The average Bonchev–Trinajstić information content (AvgIpc) is 3.38. The van der Waals surface area contributed by atoms with Gasteiger partial charge >= 0.3 is 0 Å². The molecule has 0 saturated heterocycles. The summed E-state index contributed by atoms with van der Waals surface area (Å²) in [5.41, 5.74) is 5.45. The monoisotopic (exact) mass is 395 g/mol. The lowest BCUT2D eigenvalue weighted by molar-refractivity contribution is 0.585. The number of allylic oxidation sites excluding steroid dienone is 2. The van der Waals surface area contributed by atoms with Crippen LogP contribution >= 0.6 is 11.6 Å². The van der Waals surface area contributed by atoms with Gasteiger partial charge in [0.2, 0.25) is 0 Å². The number of benzene rings is 2. The summed E-state index contributed by atoms with van der Waals surface area (Å²) in [5.74, 6) is -1.50. The van der Waals surface area contributed by atoms with Crippen LogP contribution in [0, 0.1) is 11.6 Å². The van der Waals surface area contributed by atoms with E-state index in [4.69, 9.17) is 11.6 Å². The van der Waals surface area contributed by atoms with Crippen LogP contribution in [-0.2, 0) is 0 Å². The van der Waals surface area contributed by atoms with Crippen molar-refractivity contribution in [3.05, 3.63) is 88.2 Å². The average molecular weight is 396 g/mol. The van der Waals surface area contributed by atoms with E-state index in [1.807, 2.05) is 49.7 Å². The van der Waals surface area contributed by atoms with Gasteiger partial charge in [0.25, 0.3) is 0 Å². The minimum atomic E-state index is -0.795. The van der Waals surface area contributed by atoms with E-state index >= 15 is 0 Å². The van der Waals surface area contributed by atoms with E-state index < -0.39 is 11.6 Å². The molecule has 1 aliphatic heterocycles. The van der Waals surface area contributed by atoms with Gasteiger partial charge in [0.1, 0.15) is 11.6 Å². The number of aliphatic imine (C=N–C) groups is 1. The van der Waals surface area contributed by atoms with Crippen LogP contribution in [0.1, 0.15) is 30.0 Å². The second kappa shape index (κ2) is 7.52. The lowest BCUT2D eigenvalue weighted by Crippen LogP contribution is -1.94. The lowest BCUT2D eigenvalue weighted by Gasteiger charge is -2.11. The van der Waals surface area contributed by atoms with Gasteiger partial charge in [0.05, 0.1) is 16.9 Å². The van der Waals surface area contributed by atoms with Gasteiger partial charge in [-0.3, -0.25) is 10.1 Å². The summed E-state index contributed by atoms with van der Waals surface area (Å²) in [7, 11) is 0. The molecule has 0 bridgehead atoms.